The predicted molar refractivity (Wildman–Crippen MR) is 101 cm³/mol. The number of nitrogens with zero attached hydrogens (tertiary/aromatic N) is 4. The second-order valence-corrected chi connectivity index (χ2v) is 7.70. The predicted octanol–water partition coefficient (Wildman–Crippen LogP) is 0.411. The third-order valence-corrected chi connectivity index (χ3v) is 5.98. The smallest absolute Gasteiger partial charge is 0.226 e. The molecule has 150 valence electrons. The molecule has 7 nitrogen and oxygen atoms in total. The highest BCUT2D eigenvalue weighted by Gasteiger charge is 2.51. The maximum Gasteiger partial charge on any atom is 0.226 e. The number of halogens is 1. The SMILES string of the molecule is O=CN1CCN(C(=O)C2CC2C(=O)N2CCN(c3ccc(F)cc3)CC2)CC1. The molecule has 2 atom stereocenters. The average molecular weight is 388 g/mol. The normalized spacial score (nSPS) is 24.9. The zero-order valence-electron chi connectivity index (χ0n) is 15.8. The van der Waals surface area contributed by atoms with E-state index in [1.807, 2.05) is 4.90 Å². The van der Waals surface area contributed by atoms with Gasteiger partial charge in [0.05, 0.1) is 11.8 Å². The first-order valence-corrected chi connectivity index (χ1v) is 9.84. The molecule has 2 unspecified atom stereocenters. The molecule has 0 radical (unpaired) electrons. The topological polar surface area (TPSA) is 64.2 Å². The van der Waals surface area contributed by atoms with Gasteiger partial charge in [-0.2, -0.15) is 0 Å². The minimum absolute atomic E-state index is 0.0499. The van der Waals surface area contributed by atoms with E-state index < -0.39 is 0 Å². The monoisotopic (exact) mass is 388 g/mol. The van der Waals surface area contributed by atoms with Crippen molar-refractivity contribution in [2.24, 2.45) is 11.8 Å². The van der Waals surface area contributed by atoms with Gasteiger partial charge >= 0.3 is 0 Å². The van der Waals surface area contributed by atoms with Crippen LogP contribution in [0.2, 0.25) is 0 Å². The third kappa shape index (κ3) is 3.81. The van der Waals surface area contributed by atoms with Crippen LogP contribution in [0.5, 0.6) is 0 Å². The Morgan fingerprint density at radius 1 is 0.821 bits per heavy atom. The van der Waals surface area contributed by atoms with Gasteiger partial charge in [0.15, 0.2) is 0 Å². The Morgan fingerprint density at radius 3 is 1.82 bits per heavy atom. The number of carbonyl (C=O) groups excluding carboxylic acids is 3. The molecular formula is C20H25FN4O3. The Bertz CT molecular complexity index is 740. The zero-order chi connectivity index (χ0) is 19.7. The van der Waals surface area contributed by atoms with Crippen LogP contribution >= 0.6 is 0 Å². The summed E-state index contributed by atoms with van der Waals surface area (Å²) in [5, 5.41) is 0. The van der Waals surface area contributed by atoms with E-state index in [1.54, 1.807) is 21.9 Å². The summed E-state index contributed by atoms with van der Waals surface area (Å²) in [5.74, 6) is -0.536. The van der Waals surface area contributed by atoms with Gasteiger partial charge in [-0.1, -0.05) is 0 Å². The second kappa shape index (κ2) is 7.77. The van der Waals surface area contributed by atoms with E-state index in [0.717, 1.165) is 12.1 Å². The molecule has 4 rings (SSSR count). The second-order valence-electron chi connectivity index (χ2n) is 7.70. The Kier molecular flexibility index (Phi) is 5.19. The van der Waals surface area contributed by atoms with Crippen molar-refractivity contribution in [3.63, 3.8) is 0 Å². The van der Waals surface area contributed by atoms with Crippen molar-refractivity contribution < 1.29 is 18.8 Å². The van der Waals surface area contributed by atoms with Crippen LogP contribution in [-0.4, -0.2) is 85.3 Å². The van der Waals surface area contributed by atoms with Crippen molar-refractivity contribution in [2.45, 2.75) is 6.42 Å². The lowest BCUT2D eigenvalue weighted by Crippen LogP contribution is -2.50. The molecule has 0 N–H and O–H groups in total. The summed E-state index contributed by atoms with van der Waals surface area (Å²) in [6, 6.07) is 6.41. The zero-order valence-corrected chi connectivity index (χ0v) is 15.8. The number of rotatable bonds is 4. The van der Waals surface area contributed by atoms with Crippen LogP contribution < -0.4 is 4.90 Å². The molecule has 28 heavy (non-hydrogen) atoms. The van der Waals surface area contributed by atoms with Crippen molar-refractivity contribution in [1.82, 2.24) is 14.7 Å². The Balaban J connectivity index is 1.25. The largest absolute Gasteiger partial charge is 0.368 e. The fourth-order valence-electron chi connectivity index (χ4n) is 4.09. The first-order chi connectivity index (χ1) is 13.6. The fraction of sp³-hybridized carbons (Fsp3) is 0.550. The highest BCUT2D eigenvalue weighted by Crippen LogP contribution is 2.41. The number of hydrogen-bond donors (Lipinski definition) is 0. The van der Waals surface area contributed by atoms with Gasteiger partial charge in [-0.25, -0.2) is 4.39 Å². The van der Waals surface area contributed by atoms with Crippen molar-refractivity contribution in [1.29, 1.82) is 0 Å². The highest BCUT2D eigenvalue weighted by atomic mass is 19.1. The van der Waals surface area contributed by atoms with E-state index in [1.165, 1.54) is 12.1 Å². The summed E-state index contributed by atoms with van der Waals surface area (Å²) >= 11 is 0. The minimum atomic E-state index is -0.255. The molecule has 0 bridgehead atoms. The number of amides is 3. The van der Waals surface area contributed by atoms with E-state index in [9.17, 15) is 18.8 Å². The maximum atomic E-state index is 13.1. The lowest BCUT2D eigenvalue weighted by atomic mass is 10.2. The Hall–Kier alpha value is -2.64. The van der Waals surface area contributed by atoms with Gasteiger partial charge in [0, 0.05) is 58.0 Å². The summed E-state index contributed by atoms with van der Waals surface area (Å²) in [6.45, 7) is 4.86. The van der Waals surface area contributed by atoms with E-state index in [0.29, 0.717) is 58.8 Å². The molecule has 1 aliphatic carbocycles. The van der Waals surface area contributed by atoms with Crippen LogP contribution in [0.3, 0.4) is 0 Å². The van der Waals surface area contributed by atoms with E-state index in [-0.39, 0.29) is 29.5 Å². The number of hydrogen-bond acceptors (Lipinski definition) is 4. The molecule has 3 fully saturated rings. The maximum absolute atomic E-state index is 13.1. The van der Waals surface area contributed by atoms with Gasteiger partial charge < -0.3 is 19.6 Å². The molecule has 0 spiro atoms. The first kappa shape index (κ1) is 18.7. The molecule has 1 saturated carbocycles. The third-order valence-electron chi connectivity index (χ3n) is 5.98. The molecular weight excluding hydrogens is 363 g/mol. The van der Waals surface area contributed by atoms with E-state index in [2.05, 4.69) is 4.90 Å². The fourth-order valence-corrected chi connectivity index (χ4v) is 4.09. The Labute approximate surface area is 163 Å². The van der Waals surface area contributed by atoms with Crippen LogP contribution in [0.4, 0.5) is 10.1 Å². The number of benzene rings is 1. The molecule has 1 aromatic carbocycles. The molecule has 2 heterocycles. The lowest BCUT2D eigenvalue weighted by Gasteiger charge is -2.36. The summed E-state index contributed by atoms with van der Waals surface area (Å²) in [6.07, 6.45) is 1.45. The van der Waals surface area contributed by atoms with E-state index >= 15 is 0 Å². The molecule has 2 saturated heterocycles. The van der Waals surface area contributed by atoms with Gasteiger partial charge in [-0.15, -0.1) is 0 Å². The lowest BCUT2D eigenvalue weighted by molar-refractivity contribution is -0.139. The molecule has 1 aromatic rings. The van der Waals surface area contributed by atoms with Crippen molar-refractivity contribution in [3.05, 3.63) is 30.1 Å². The van der Waals surface area contributed by atoms with Gasteiger partial charge in [-0.05, 0) is 30.7 Å². The standard InChI is InChI=1S/C20H25FN4O3/c21-15-1-3-16(4-2-15)23-9-11-25(12-10-23)20(28)18-13-17(18)19(27)24-7-5-22(14-26)6-8-24/h1-4,14,17-18H,5-13H2. The quantitative estimate of drug-likeness (QED) is 0.701. The number of anilines is 1. The van der Waals surface area contributed by atoms with Crippen LogP contribution in [-0.2, 0) is 14.4 Å². The van der Waals surface area contributed by atoms with E-state index in [4.69, 9.17) is 0 Å². The summed E-state index contributed by atoms with van der Waals surface area (Å²) in [5.41, 5.74) is 0.961. The van der Waals surface area contributed by atoms with Gasteiger partial charge in [0.25, 0.3) is 0 Å². The van der Waals surface area contributed by atoms with Gasteiger partial charge in [-0.3, -0.25) is 14.4 Å². The number of carbonyl (C=O) groups is 3. The summed E-state index contributed by atoms with van der Waals surface area (Å²) in [7, 11) is 0. The first-order valence-electron chi connectivity index (χ1n) is 9.84. The summed E-state index contributed by atoms with van der Waals surface area (Å²) < 4.78 is 13.1. The average Bonchev–Trinajstić information content (AvgIpc) is 3.54. The highest BCUT2D eigenvalue weighted by molar-refractivity contribution is 5.92. The number of piperazine rings is 2. The molecule has 3 aliphatic rings. The van der Waals surface area contributed by atoms with Crippen molar-refractivity contribution >= 4 is 23.9 Å². The van der Waals surface area contributed by atoms with Crippen molar-refractivity contribution in [2.75, 3.05) is 57.3 Å². The van der Waals surface area contributed by atoms with Gasteiger partial charge in [0.2, 0.25) is 18.2 Å². The molecule has 3 amide bonds. The Morgan fingerprint density at radius 2 is 1.32 bits per heavy atom. The molecule has 8 heteroatoms. The van der Waals surface area contributed by atoms with Crippen LogP contribution in [0.25, 0.3) is 0 Å². The van der Waals surface area contributed by atoms with Crippen LogP contribution in [0.15, 0.2) is 24.3 Å². The molecule has 0 aromatic heterocycles. The van der Waals surface area contributed by atoms with Crippen molar-refractivity contribution in [3.8, 4) is 0 Å². The van der Waals surface area contributed by atoms with Gasteiger partial charge in [0.1, 0.15) is 5.82 Å². The van der Waals surface area contributed by atoms with Crippen LogP contribution in [0.1, 0.15) is 6.42 Å². The minimum Gasteiger partial charge on any atom is -0.368 e. The molecule has 2 aliphatic heterocycles. The summed E-state index contributed by atoms with van der Waals surface area (Å²) in [4.78, 5) is 43.6. The van der Waals surface area contributed by atoms with Crippen LogP contribution in [0, 0.1) is 17.7 Å².